The number of carbonyl (C=O) groups is 3. The van der Waals surface area contributed by atoms with Crippen molar-refractivity contribution in [2.45, 2.75) is 80.5 Å². The van der Waals surface area contributed by atoms with E-state index < -0.39 is 29.2 Å². The number of aliphatic hydroxyl groups is 1. The average molecular weight is 834 g/mol. The summed E-state index contributed by atoms with van der Waals surface area (Å²) in [6.07, 6.45) is 7.10. The highest BCUT2D eigenvalue weighted by atomic mass is 32.2. The summed E-state index contributed by atoms with van der Waals surface area (Å²) in [5.41, 5.74) is 7.22. The van der Waals surface area contributed by atoms with Gasteiger partial charge in [-0.15, -0.1) is 0 Å². The van der Waals surface area contributed by atoms with Gasteiger partial charge in [0.1, 0.15) is 34.2 Å². The van der Waals surface area contributed by atoms with E-state index in [1.54, 1.807) is 32.6 Å². The lowest BCUT2D eigenvalue weighted by molar-refractivity contribution is -0.134. The molecule has 4 heterocycles. The number of ketones is 1. The molecule has 314 valence electrons. The number of likely N-dealkylation sites (tertiary alicyclic amines) is 1. The maximum atomic E-state index is 13.1. The van der Waals surface area contributed by atoms with Crippen molar-refractivity contribution >= 4 is 41.1 Å². The van der Waals surface area contributed by atoms with Crippen LogP contribution in [-0.4, -0.2) is 87.6 Å². The van der Waals surface area contributed by atoms with Crippen LogP contribution in [0.25, 0.3) is 11.6 Å². The number of piperidine rings is 1. The first-order valence-electron chi connectivity index (χ1n) is 19.7. The molecule has 4 aliphatic rings. The highest BCUT2D eigenvalue weighted by molar-refractivity contribution is 7.99. The van der Waals surface area contributed by atoms with Gasteiger partial charge >= 0.3 is 11.9 Å². The van der Waals surface area contributed by atoms with Gasteiger partial charge in [-0.1, -0.05) is 59.8 Å². The minimum atomic E-state index is -1.26. The summed E-state index contributed by atoms with van der Waals surface area (Å²) in [5, 5.41) is 36.5. The summed E-state index contributed by atoms with van der Waals surface area (Å²) < 4.78 is 17.4. The monoisotopic (exact) mass is 833 g/mol. The van der Waals surface area contributed by atoms with Crippen LogP contribution in [0.2, 0.25) is 0 Å². The van der Waals surface area contributed by atoms with E-state index in [0.717, 1.165) is 5.56 Å². The number of aliphatic hydroxyl groups excluding tert-OH is 1. The predicted octanol–water partition coefficient (Wildman–Crippen LogP) is 8.48. The average Bonchev–Trinajstić information content (AvgIpc) is 3.20. The van der Waals surface area contributed by atoms with Crippen LogP contribution in [0.4, 0.5) is 0 Å². The van der Waals surface area contributed by atoms with Crippen LogP contribution in [0.1, 0.15) is 78.7 Å². The molecular weight excluding hydrogens is 783 g/mol. The number of phenolic OH excluding ortho intramolecular Hbond substituents is 1. The lowest BCUT2D eigenvalue weighted by Gasteiger charge is -2.37. The van der Waals surface area contributed by atoms with Gasteiger partial charge in [0.05, 0.1) is 24.3 Å². The van der Waals surface area contributed by atoms with Crippen molar-refractivity contribution in [3.05, 3.63) is 130 Å². The predicted molar refractivity (Wildman–Crippen MR) is 231 cm³/mol. The number of nitrogens with zero attached hydrogens (tertiary/aromatic N) is 1. The maximum Gasteiger partial charge on any atom is 0.328 e. The molecule has 0 aliphatic carbocycles. The SMILES string of the molecule is CN1CCC(=C2c3ccccc3Sc3ccccc32)CC1.COc1c(CC(=O)c2cc3c(cc2O)OC(C)(C)C(O)C3)ccc2c1C=CC(C)(C)O2.O=C(O)C=CC(=O)O. The normalized spacial score (nSPS) is 18.1. The third kappa shape index (κ3) is 10.1. The molecule has 60 heavy (non-hydrogen) atoms. The van der Waals surface area contributed by atoms with Crippen LogP contribution in [0.15, 0.2) is 106 Å². The molecule has 4 aromatic rings. The number of carboxylic acid groups (broad SMARTS) is 2. The minimum Gasteiger partial charge on any atom is -0.507 e. The number of hydrogen-bond acceptors (Lipinski definition) is 10. The van der Waals surface area contributed by atoms with E-state index in [9.17, 15) is 24.6 Å². The number of aliphatic carboxylic acids is 2. The van der Waals surface area contributed by atoms with Gasteiger partial charge in [-0.2, -0.15) is 0 Å². The Morgan fingerprint density at radius 3 is 2.05 bits per heavy atom. The van der Waals surface area contributed by atoms with Crippen molar-refractivity contribution in [2.75, 3.05) is 27.2 Å². The molecule has 0 amide bonds. The van der Waals surface area contributed by atoms with Crippen molar-refractivity contribution in [3.63, 3.8) is 0 Å². The standard InChI is InChI=1S/C25H28O6.C19H19NS.C4H4O4/c1-24(2)9-8-16-20(30-24)7-6-14(23(16)29-5)11-18(26)17-10-15-12-22(28)25(3,4)31-21(15)13-19(17)27;1-20-12-10-14(11-13-20)19-15-6-2-4-8-17(15)21-18-9-5-3-7-16(18)19;5-3(6)1-2-4(7)8/h6-10,13,22,27-28H,11-12H2,1-5H3;2-9H,10-13H2,1H3;1-2H,(H,5,6)(H,7,8). The number of fused-ring (bicyclic) bond motifs is 4. The molecule has 11 nitrogen and oxygen atoms in total. The molecular formula is C48H51NO10S. The zero-order valence-electron chi connectivity index (χ0n) is 34.7. The quantitative estimate of drug-likeness (QED) is 0.0955. The first kappa shape index (κ1) is 43.8. The molecule has 12 heteroatoms. The highest BCUT2D eigenvalue weighted by Crippen LogP contribution is 2.48. The van der Waals surface area contributed by atoms with Gasteiger partial charge in [0.25, 0.3) is 0 Å². The first-order chi connectivity index (χ1) is 28.5. The molecule has 8 rings (SSSR count). The van der Waals surface area contributed by atoms with E-state index in [4.69, 9.17) is 24.4 Å². The van der Waals surface area contributed by atoms with Crippen LogP contribution in [0, 0.1) is 0 Å². The number of ether oxygens (including phenoxy) is 3. The molecule has 4 aliphatic heterocycles. The summed E-state index contributed by atoms with van der Waals surface area (Å²) in [4.78, 5) is 37.4. The third-order valence-corrected chi connectivity index (χ3v) is 11.9. The largest absolute Gasteiger partial charge is 0.507 e. The molecule has 1 atom stereocenters. The summed E-state index contributed by atoms with van der Waals surface area (Å²) in [5.74, 6) is -1.14. The van der Waals surface area contributed by atoms with Crippen molar-refractivity contribution in [1.82, 2.24) is 4.90 Å². The third-order valence-electron chi connectivity index (χ3n) is 10.7. The number of rotatable bonds is 6. The molecule has 0 bridgehead atoms. The number of aromatic hydroxyl groups is 1. The van der Waals surface area contributed by atoms with Crippen LogP contribution < -0.4 is 14.2 Å². The second-order valence-corrected chi connectivity index (χ2v) is 17.2. The van der Waals surface area contributed by atoms with Crippen LogP contribution >= 0.6 is 11.8 Å². The fourth-order valence-corrected chi connectivity index (χ4v) is 8.56. The number of methoxy groups -OCH3 is 1. The number of phenols is 1. The molecule has 0 spiro atoms. The Kier molecular flexibility index (Phi) is 13.3. The van der Waals surface area contributed by atoms with Gasteiger partial charge in [-0.05, 0) is 106 Å². The van der Waals surface area contributed by atoms with Gasteiger partial charge in [0.2, 0.25) is 0 Å². The summed E-state index contributed by atoms with van der Waals surface area (Å²) in [6.45, 7) is 9.87. The summed E-state index contributed by atoms with van der Waals surface area (Å²) in [7, 11) is 3.79. The van der Waals surface area contributed by atoms with E-state index in [1.807, 2.05) is 49.9 Å². The fraction of sp³-hybridized carbons (Fsp3) is 0.312. The molecule has 4 aromatic carbocycles. The van der Waals surface area contributed by atoms with Crippen molar-refractivity contribution in [2.24, 2.45) is 0 Å². The Morgan fingerprint density at radius 1 is 0.867 bits per heavy atom. The van der Waals surface area contributed by atoms with Gasteiger partial charge in [-0.3, -0.25) is 4.79 Å². The molecule has 1 unspecified atom stereocenters. The smallest absolute Gasteiger partial charge is 0.328 e. The second-order valence-electron chi connectivity index (χ2n) is 16.1. The Balaban J connectivity index is 0.000000179. The van der Waals surface area contributed by atoms with Gasteiger partial charge in [0, 0.05) is 59.5 Å². The molecule has 4 N–H and O–H groups in total. The minimum absolute atomic E-state index is 0.0505. The molecule has 1 fully saturated rings. The van der Waals surface area contributed by atoms with Gasteiger partial charge in [-0.25, -0.2) is 9.59 Å². The number of benzene rings is 4. The van der Waals surface area contributed by atoms with Gasteiger partial charge in [0.15, 0.2) is 5.78 Å². The number of hydrogen-bond donors (Lipinski definition) is 4. The number of carbonyl (C=O) groups excluding carboxylic acids is 1. The van der Waals surface area contributed by atoms with E-state index in [0.29, 0.717) is 46.9 Å². The Labute approximate surface area is 354 Å². The number of carboxylic acids is 2. The van der Waals surface area contributed by atoms with Crippen LogP contribution in [0.5, 0.6) is 23.0 Å². The molecule has 0 aromatic heterocycles. The summed E-state index contributed by atoms with van der Waals surface area (Å²) in [6, 6.07) is 24.5. The zero-order chi connectivity index (χ0) is 43.4. The number of Topliss-reactive ketones (excluding diaryl/α,β-unsaturated/α-hetero) is 1. The molecule has 1 saturated heterocycles. The van der Waals surface area contributed by atoms with E-state index >= 15 is 0 Å². The highest BCUT2D eigenvalue weighted by Gasteiger charge is 2.37. The Hall–Kier alpha value is -5.82. The van der Waals surface area contributed by atoms with Crippen LogP contribution in [-0.2, 0) is 22.4 Å². The fourth-order valence-electron chi connectivity index (χ4n) is 7.47. The van der Waals surface area contributed by atoms with Crippen molar-refractivity contribution < 1.29 is 49.0 Å². The maximum absolute atomic E-state index is 13.1. The first-order valence-corrected chi connectivity index (χ1v) is 20.5. The molecule has 0 radical (unpaired) electrons. The Morgan fingerprint density at radius 2 is 1.47 bits per heavy atom. The zero-order valence-corrected chi connectivity index (χ0v) is 35.5. The van der Waals surface area contributed by atoms with Crippen LogP contribution in [0.3, 0.4) is 0 Å². The lowest BCUT2D eigenvalue weighted by atomic mass is 9.88. The van der Waals surface area contributed by atoms with E-state index in [-0.39, 0.29) is 23.5 Å². The van der Waals surface area contributed by atoms with Crippen molar-refractivity contribution in [1.29, 1.82) is 0 Å². The second kappa shape index (κ2) is 18.2. The molecule has 0 saturated carbocycles. The van der Waals surface area contributed by atoms with E-state index in [2.05, 4.69) is 60.5 Å². The lowest BCUT2D eigenvalue weighted by Crippen LogP contribution is -2.46. The van der Waals surface area contributed by atoms with Gasteiger partial charge < -0.3 is 39.5 Å². The Bertz CT molecular complexity index is 2320. The van der Waals surface area contributed by atoms with E-state index in [1.165, 1.54) is 58.5 Å². The topological polar surface area (TPSA) is 163 Å². The van der Waals surface area contributed by atoms with Crippen molar-refractivity contribution in [3.8, 4) is 23.0 Å². The summed E-state index contributed by atoms with van der Waals surface area (Å²) >= 11 is 1.91.